The maximum absolute atomic E-state index is 11.8. The molecular weight excluding hydrogens is 350 g/mol. The number of carbonyl (C=O) groups excluding carboxylic acids is 2. The standard InChI is InChI=1S/C20H29NO6/c1-19(2,3)10-17(22)26-12-14-7-8-15(16(9-14)21(24)25)13-27-18(23)11-20(4,5)6/h7-9H,10-13H2,1-6H3. The van der Waals surface area contributed by atoms with Crippen LogP contribution >= 0.6 is 0 Å². The van der Waals surface area contributed by atoms with Crippen molar-refractivity contribution in [3.63, 3.8) is 0 Å². The van der Waals surface area contributed by atoms with E-state index < -0.39 is 10.9 Å². The highest BCUT2D eigenvalue weighted by Crippen LogP contribution is 2.24. The van der Waals surface area contributed by atoms with Gasteiger partial charge in [0.1, 0.15) is 13.2 Å². The number of hydrogen-bond donors (Lipinski definition) is 0. The van der Waals surface area contributed by atoms with Gasteiger partial charge in [-0.2, -0.15) is 0 Å². The van der Waals surface area contributed by atoms with Crippen molar-refractivity contribution < 1.29 is 24.0 Å². The van der Waals surface area contributed by atoms with Crippen molar-refractivity contribution in [1.29, 1.82) is 0 Å². The zero-order valence-electron chi connectivity index (χ0n) is 17.0. The zero-order valence-corrected chi connectivity index (χ0v) is 17.0. The van der Waals surface area contributed by atoms with Gasteiger partial charge in [0.25, 0.3) is 5.69 Å². The first-order chi connectivity index (χ1) is 12.3. The van der Waals surface area contributed by atoms with E-state index >= 15 is 0 Å². The molecule has 7 nitrogen and oxygen atoms in total. The van der Waals surface area contributed by atoms with Crippen LogP contribution in [-0.2, 0) is 32.3 Å². The van der Waals surface area contributed by atoms with Gasteiger partial charge >= 0.3 is 11.9 Å². The van der Waals surface area contributed by atoms with Gasteiger partial charge in [-0.05, 0) is 22.5 Å². The van der Waals surface area contributed by atoms with Gasteiger partial charge in [0, 0.05) is 6.07 Å². The van der Waals surface area contributed by atoms with E-state index in [-0.39, 0.29) is 48.5 Å². The Morgan fingerprint density at radius 1 is 0.926 bits per heavy atom. The molecule has 0 heterocycles. The van der Waals surface area contributed by atoms with E-state index in [1.165, 1.54) is 12.1 Å². The summed E-state index contributed by atoms with van der Waals surface area (Å²) in [6.45, 7) is 11.3. The molecule has 0 spiro atoms. The molecule has 0 saturated carbocycles. The molecule has 1 rings (SSSR count). The first-order valence-corrected chi connectivity index (χ1v) is 8.84. The van der Waals surface area contributed by atoms with E-state index in [0.717, 1.165) is 0 Å². The van der Waals surface area contributed by atoms with Crippen molar-refractivity contribution in [3.05, 3.63) is 39.4 Å². The van der Waals surface area contributed by atoms with Gasteiger partial charge in [-0.25, -0.2) is 0 Å². The second kappa shape index (κ2) is 8.97. The number of benzene rings is 1. The first-order valence-electron chi connectivity index (χ1n) is 8.84. The zero-order chi connectivity index (χ0) is 20.8. The molecule has 1 aromatic carbocycles. The minimum absolute atomic E-state index is 0.0418. The highest BCUT2D eigenvalue weighted by atomic mass is 16.6. The Hall–Kier alpha value is -2.44. The molecule has 0 bridgehead atoms. The van der Waals surface area contributed by atoms with Crippen LogP contribution in [0, 0.1) is 20.9 Å². The Kier molecular flexibility index (Phi) is 7.51. The normalized spacial score (nSPS) is 11.8. The molecule has 1 aromatic rings. The molecule has 0 aliphatic heterocycles. The van der Waals surface area contributed by atoms with Crippen LogP contribution < -0.4 is 0 Å². The third-order valence-corrected chi connectivity index (χ3v) is 3.48. The van der Waals surface area contributed by atoms with E-state index in [1.54, 1.807) is 6.07 Å². The Morgan fingerprint density at radius 2 is 1.41 bits per heavy atom. The summed E-state index contributed by atoms with van der Waals surface area (Å²) in [5.74, 6) is -0.762. The summed E-state index contributed by atoms with van der Waals surface area (Å²) in [7, 11) is 0. The van der Waals surface area contributed by atoms with Crippen LogP contribution in [0.1, 0.15) is 65.5 Å². The molecule has 0 radical (unpaired) electrons. The predicted molar refractivity (Wildman–Crippen MR) is 101 cm³/mol. The third kappa shape index (κ3) is 9.17. The average molecular weight is 379 g/mol. The number of nitro benzene ring substituents is 1. The largest absolute Gasteiger partial charge is 0.461 e. The van der Waals surface area contributed by atoms with Crippen molar-refractivity contribution in [1.82, 2.24) is 0 Å². The van der Waals surface area contributed by atoms with Gasteiger partial charge in [-0.15, -0.1) is 0 Å². The monoisotopic (exact) mass is 379 g/mol. The number of esters is 2. The van der Waals surface area contributed by atoms with Crippen molar-refractivity contribution in [2.45, 2.75) is 67.6 Å². The van der Waals surface area contributed by atoms with Gasteiger partial charge in [0.2, 0.25) is 0 Å². The fourth-order valence-corrected chi connectivity index (χ4v) is 2.28. The van der Waals surface area contributed by atoms with Crippen molar-refractivity contribution in [2.24, 2.45) is 10.8 Å². The fraction of sp³-hybridized carbons (Fsp3) is 0.600. The lowest BCUT2D eigenvalue weighted by Crippen LogP contribution is -2.16. The van der Waals surface area contributed by atoms with Crippen LogP contribution in [0.5, 0.6) is 0 Å². The number of carbonyl (C=O) groups is 2. The topological polar surface area (TPSA) is 95.7 Å². The van der Waals surface area contributed by atoms with Crippen LogP contribution in [0.25, 0.3) is 0 Å². The summed E-state index contributed by atoms with van der Waals surface area (Å²) in [6.07, 6.45) is 0.486. The van der Waals surface area contributed by atoms with Crippen LogP contribution in [0.3, 0.4) is 0 Å². The molecule has 7 heteroatoms. The summed E-state index contributed by atoms with van der Waals surface area (Å²) in [5, 5.41) is 11.3. The van der Waals surface area contributed by atoms with Crippen LogP contribution in [-0.4, -0.2) is 16.9 Å². The molecule has 27 heavy (non-hydrogen) atoms. The molecule has 0 atom stereocenters. The molecule has 0 aliphatic rings. The van der Waals surface area contributed by atoms with Crippen molar-refractivity contribution in [3.8, 4) is 0 Å². The van der Waals surface area contributed by atoms with E-state index in [0.29, 0.717) is 11.1 Å². The number of nitro groups is 1. The molecule has 150 valence electrons. The second-order valence-electron chi connectivity index (χ2n) is 9.02. The van der Waals surface area contributed by atoms with Crippen LogP contribution in [0.4, 0.5) is 5.69 Å². The SMILES string of the molecule is CC(C)(C)CC(=O)OCc1ccc(COC(=O)CC(C)(C)C)c([N+](=O)[O-])c1. The Labute approximate surface area is 160 Å². The van der Waals surface area contributed by atoms with Crippen molar-refractivity contribution in [2.75, 3.05) is 0 Å². The van der Waals surface area contributed by atoms with Gasteiger partial charge < -0.3 is 9.47 Å². The molecule has 0 unspecified atom stereocenters. The van der Waals surface area contributed by atoms with E-state index in [4.69, 9.17) is 9.47 Å². The number of nitrogens with zero attached hydrogens (tertiary/aromatic N) is 1. The van der Waals surface area contributed by atoms with Gasteiger partial charge in [0.05, 0.1) is 23.3 Å². The Bertz CT molecular complexity index is 697. The number of hydrogen-bond acceptors (Lipinski definition) is 6. The van der Waals surface area contributed by atoms with E-state index in [1.807, 2.05) is 41.5 Å². The predicted octanol–water partition coefficient (Wildman–Crippen LogP) is 4.55. The van der Waals surface area contributed by atoms with Gasteiger partial charge in [-0.1, -0.05) is 47.6 Å². The number of ether oxygens (including phenoxy) is 2. The molecule has 0 saturated heterocycles. The average Bonchev–Trinajstić information content (AvgIpc) is 2.47. The van der Waals surface area contributed by atoms with Crippen LogP contribution in [0.2, 0.25) is 0 Å². The quantitative estimate of drug-likeness (QED) is 0.392. The first kappa shape index (κ1) is 22.6. The third-order valence-electron chi connectivity index (χ3n) is 3.48. The Morgan fingerprint density at radius 3 is 1.85 bits per heavy atom. The van der Waals surface area contributed by atoms with Crippen molar-refractivity contribution >= 4 is 17.6 Å². The van der Waals surface area contributed by atoms with Crippen LogP contribution in [0.15, 0.2) is 18.2 Å². The summed E-state index contributed by atoms with van der Waals surface area (Å²) in [6, 6.07) is 4.50. The number of rotatable bonds is 7. The molecule has 0 aromatic heterocycles. The van der Waals surface area contributed by atoms with Gasteiger partial charge in [0.15, 0.2) is 0 Å². The molecule has 0 N–H and O–H groups in total. The highest BCUT2D eigenvalue weighted by molar-refractivity contribution is 5.70. The fourth-order valence-electron chi connectivity index (χ4n) is 2.28. The van der Waals surface area contributed by atoms with E-state index in [2.05, 4.69) is 0 Å². The smallest absolute Gasteiger partial charge is 0.306 e. The summed E-state index contributed by atoms with van der Waals surface area (Å²) < 4.78 is 10.3. The summed E-state index contributed by atoms with van der Waals surface area (Å²) in [4.78, 5) is 34.4. The second-order valence-corrected chi connectivity index (χ2v) is 9.02. The Balaban J connectivity index is 2.76. The minimum Gasteiger partial charge on any atom is -0.461 e. The maximum Gasteiger partial charge on any atom is 0.306 e. The lowest BCUT2D eigenvalue weighted by Gasteiger charge is -2.17. The van der Waals surface area contributed by atoms with Gasteiger partial charge in [-0.3, -0.25) is 19.7 Å². The lowest BCUT2D eigenvalue weighted by atomic mass is 9.92. The highest BCUT2D eigenvalue weighted by Gasteiger charge is 2.21. The van der Waals surface area contributed by atoms with E-state index in [9.17, 15) is 19.7 Å². The minimum atomic E-state index is -0.534. The maximum atomic E-state index is 11.8. The summed E-state index contributed by atoms with van der Waals surface area (Å²) >= 11 is 0. The molecule has 0 amide bonds. The molecule has 0 aliphatic carbocycles. The molecular formula is C20H29NO6. The lowest BCUT2D eigenvalue weighted by molar-refractivity contribution is -0.385. The molecule has 0 fully saturated rings. The summed E-state index contributed by atoms with van der Waals surface area (Å²) in [5.41, 5.74) is 0.233.